The summed E-state index contributed by atoms with van der Waals surface area (Å²) in [5.41, 5.74) is 1.68. The molecular weight excluding hydrogens is 254 g/mol. The number of methoxy groups -OCH3 is 1. The molecular formula is C15H19N3O2. The Balaban J connectivity index is 1.98. The van der Waals surface area contributed by atoms with Crippen molar-refractivity contribution in [2.24, 2.45) is 0 Å². The lowest BCUT2D eigenvalue weighted by atomic mass is 10.1. The molecule has 0 N–H and O–H groups in total. The predicted molar refractivity (Wildman–Crippen MR) is 75.2 cm³/mol. The number of amides is 1. The van der Waals surface area contributed by atoms with Gasteiger partial charge in [-0.25, -0.2) is 0 Å². The van der Waals surface area contributed by atoms with Crippen LogP contribution in [0.15, 0.2) is 18.2 Å². The van der Waals surface area contributed by atoms with Gasteiger partial charge in [-0.05, 0) is 17.7 Å². The summed E-state index contributed by atoms with van der Waals surface area (Å²) in [5.74, 6) is 0.761. The van der Waals surface area contributed by atoms with Crippen LogP contribution < -0.4 is 4.74 Å². The first kappa shape index (κ1) is 14.4. The van der Waals surface area contributed by atoms with Crippen LogP contribution >= 0.6 is 0 Å². The normalized spacial score (nSPS) is 15.8. The zero-order valence-corrected chi connectivity index (χ0v) is 11.9. The molecule has 1 aromatic carbocycles. The highest BCUT2D eigenvalue weighted by molar-refractivity contribution is 5.73. The van der Waals surface area contributed by atoms with Crippen LogP contribution in [0.4, 0.5) is 0 Å². The number of carbonyl (C=O) groups excluding carboxylic acids is 1. The van der Waals surface area contributed by atoms with Gasteiger partial charge in [0.15, 0.2) is 0 Å². The summed E-state index contributed by atoms with van der Waals surface area (Å²) in [4.78, 5) is 15.5. The molecule has 0 aromatic heterocycles. The minimum absolute atomic E-state index is 0.143. The Morgan fingerprint density at radius 1 is 1.35 bits per heavy atom. The summed E-state index contributed by atoms with van der Waals surface area (Å²) in [6.45, 7) is 5.74. The largest absolute Gasteiger partial charge is 0.495 e. The van der Waals surface area contributed by atoms with Crippen LogP contribution in [-0.4, -0.2) is 49.0 Å². The van der Waals surface area contributed by atoms with Crippen LogP contribution in [0.25, 0.3) is 0 Å². The smallest absolute Gasteiger partial charge is 0.219 e. The van der Waals surface area contributed by atoms with Gasteiger partial charge in [-0.15, -0.1) is 0 Å². The molecule has 0 radical (unpaired) electrons. The Labute approximate surface area is 119 Å². The molecule has 106 valence electrons. The fourth-order valence-corrected chi connectivity index (χ4v) is 2.41. The van der Waals surface area contributed by atoms with Gasteiger partial charge in [-0.2, -0.15) is 5.26 Å². The summed E-state index contributed by atoms with van der Waals surface area (Å²) in [6, 6.07) is 7.77. The highest BCUT2D eigenvalue weighted by Gasteiger charge is 2.18. The predicted octanol–water partition coefficient (Wildman–Crippen LogP) is 1.23. The molecule has 5 heteroatoms. The molecule has 20 heavy (non-hydrogen) atoms. The van der Waals surface area contributed by atoms with E-state index in [1.54, 1.807) is 20.1 Å². The van der Waals surface area contributed by atoms with E-state index in [0.29, 0.717) is 11.3 Å². The molecule has 1 aliphatic rings. The number of hydrogen-bond donors (Lipinski definition) is 0. The summed E-state index contributed by atoms with van der Waals surface area (Å²) < 4.78 is 5.22. The van der Waals surface area contributed by atoms with E-state index in [2.05, 4.69) is 11.0 Å². The van der Waals surface area contributed by atoms with Crippen molar-refractivity contribution in [2.45, 2.75) is 13.5 Å². The van der Waals surface area contributed by atoms with Crippen molar-refractivity contribution in [3.05, 3.63) is 29.3 Å². The molecule has 0 aliphatic carbocycles. The van der Waals surface area contributed by atoms with E-state index in [4.69, 9.17) is 10.00 Å². The molecule has 1 aliphatic heterocycles. The van der Waals surface area contributed by atoms with Gasteiger partial charge in [0.25, 0.3) is 0 Å². The van der Waals surface area contributed by atoms with Crippen LogP contribution in [0.5, 0.6) is 5.75 Å². The van der Waals surface area contributed by atoms with E-state index in [1.165, 1.54) is 0 Å². The Bertz CT molecular complexity index is 528. The molecule has 1 fully saturated rings. The third-order valence-electron chi connectivity index (χ3n) is 3.61. The third-order valence-corrected chi connectivity index (χ3v) is 3.61. The summed E-state index contributed by atoms with van der Waals surface area (Å²) >= 11 is 0. The van der Waals surface area contributed by atoms with E-state index < -0.39 is 0 Å². The SMILES string of the molecule is COc1cc(CN2CCN(C(C)=O)CC2)ccc1C#N. The van der Waals surface area contributed by atoms with Crippen LogP contribution in [0.1, 0.15) is 18.1 Å². The van der Waals surface area contributed by atoms with Crippen molar-refractivity contribution < 1.29 is 9.53 Å². The lowest BCUT2D eigenvalue weighted by Crippen LogP contribution is -2.47. The van der Waals surface area contributed by atoms with Gasteiger partial charge in [0.2, 0.25) is 5.91 Å². The maximum absolute atomic E-state index is 11.3. The zero-order chi connectivity index (χ0) is 14.5. The zero-order valence-electron chi connectivity index (χ0n) is 11.9. The standard InChI is InChI=1S/C15H19N3O2/c1-12(19)18-7-5-17(6-8-18)11-13-3-4-14(10-16)15(9-13)20-2/h3-4,9H,5-8,11H2,1-2H3. The van der Waals surface area contributed by atoms with E-state index in [9.17, 15) is 4.79 Å². The lowest BCUT2D eigenvalue weighted by molar-refractivity contribution is -0.130. The Hall–Kier alpha value is -2.06. The lowest BCUT2D eigenvalue weighted by Gasteiger charge is -2.34. The minimum atomic E-state index is 0.143. The average molecular weight is 273 g/mol. The topological polar surface area (TPSA) is 56.6 Å². The molecule has 0 unspecified atom stereocenters. The van der Waals surface area contributed by atoms with Gasteiger partial charge >= 0.3 is 0 Å². The Kier molecular flexibility index (Phi) is 4.59. The van der Waals surface area contributed by atoms with Gasteiger partial charge < -0.3 is 9.64 Å². The Morgan fingerprint density at radius 2 is 2.05 bits per heavy atom. The molecule has 1 aromatic rings. The molecule has 1 heterocycles. The van der Waals surface area contributed by atoms with Gasteiger partial charge in [-0.3, -0.25) is 9.69 Å². The Morgan fingerprint density at radius 3 is 2.60 bits per heavy atom. The average Bonchev–Trinajstić information content (AvgIpc) is 2.47. The second-order valence-electron chi connectivity index (χ2n) is 4.93. The van der Waals surface area contributed by atoms with Gasteiger partial charge in [-0.1, -0.05) is 6.07 Å². The van der Waals surface area contributed by atoms with E-state index in [1.807, 2.05) is 17.0 Å². The van der Waals surface area contributed by atoms with Crippen molar-refractivity contribution in [1.82, 2.24) is 9.80 Å². The molecule has 1 amide bonds. The van der Waals surface area contributed by atoms with Gasteiger partial charge in [0.1, 0.15) is 11.8 Å². The maximum atomic E-state index is 11.3. The summed E-state index contributed by atoms with van der Waals surface area (Å²) in [5, 5.41) is 8.97. The van der Waals surface area contributed by atoms with Crippen molar-refractivity contribution >= 4 is 5.91 Å². The first-order valence-corrected chi connectivity index (χ1v) is 6.69. The first-order valence-electron chi connectivity index (χ1n) is 6.69. The molecule has 0 bridgehead atoms. The monoisotopic (exact) mass is 273 g/mol. The summed E-state index contributed by atoms with van der Waals surface area (Å²) in [6.07, 6.45) is 0. The minimum Gasteiger partial charge on any atom is -0.495 e. The second kappa shape index (κ2) is 6.40. The number of ether oxygens (including phenoxy) is 1. The first-order chi connectivity index (χ1) is 9.63. The highest BCUT2D eigenvalue weighted by atomic mass is 16.5. The fourth-order valence-electron chi connectivity index (χ4n) is 2.41. The molecule has 1 saturated heterocycles. The molecule has 2 rings (SSSR count). The van der Waals surface area contributed by atoms with Crippen LogP contribution in [0.2, 0.25) is 0 Å². The van der Waals surface area contributed by atoms with Gasteiger partial charge in [0.05, 0.1) is 12.7 Å². The molecule has 0 spiro atoms. The van der Waals surface area contributed by atoms with E-state index in [0.717, 1.165) is 38.3 Å². The van der Waals surface area contributed by atoms with Crippen LogP contribution in [0.3, 0.4) is 0 Å². The third kappa shape index (κ3) is 3.28. The fraction of sp³-hybridized carbons (Fsp3) is 0.467. The van der Waals surface area contributed by atoms with E-state index in [-0.39, 0.29) is 5.91 Å². The number of benzene rings is 1. The van der Waals surface area contributed by atoms with Gasteiger partial charge in [0, 0.05) is 39.6 Å². The quantitative estimate of drug-likeness (QED) is 0.831. The number of piperazine rings is 1. The van der Waals surface area contributed by atoms with Crippen LogP contribution in [0, 0.1) is 11.3 Å². The summed E-state index contributed by atoms with van der Waals surface area (Å²) in [7, 11) is 1.57. The van der Waals surface area contributed by atoms with Crippen molar-refractivity contribution in [3.63, 3.8) is 0 Å². The molecule has 5 nitrogen and oxygen atoms in total. The highest BCUT2D eigenvalue weighted by Crippen LogP contribution is 2.20. The number of hydrogen-bond acceptors (Lipinski definition) is 4. The number of rotatable bonds is 3. The number of carbonyl (C=O) groups is 1. The van der Waals surface area contributed by atoms with Crippen molar-refractivity contribution in [2.75, 3.05) is 33.3 Å². The second-order valence-corrected chi connectivity index (χ2v) is 4.93. The number of nitriles is 1. The number of nitrogens with zero attached hydrogens (tertiary/aromatic N) is 3. The maximum Gasteiger partial charge on any atom is 0.219 e. The van der Waals surface area contributed by atoms with Crippen molar-refractivity contribution in [3.8, 4) is 11.8 Å². The van der Waals surface area contributed by atoms with Crippen LogP contribution in [-0.2, 0) is 11.3 Å². The molecule has 0 saturated carbocycles. The molecule has 0 atom stereocenters. The van der Waals surface area contributed by atoms with E-state index >= 15 is 0 Å². The van der Waals surface area contributed by atoms with Crippen molar-refractivity contribution in [1.29, 1.82) is 5.26 Å².